The summed E-state index contributed by atoms with van der Waals surface area (Å²) < 4.78 is 31.8. The van der Waals surface area contributed by atoms with Crippen LogP contribution >= 0.6 is 0 Å². The minimum absolute atomic E-state index is 0.122. The molecule has 1 aromatic rings. The molecular weight excluding hydrogens is 264 g/mol. The lowest BCUT2D eigenvalue weighted by atomic mass is 10.3. The smallest absolute Gasteiger partial charge is 0.212 e. The summed E-state index contributed by atoms with van der Waals surface area (Å²) in [7, 11) is -3.27. The number of hydrogen-bond acceptors (Lipinski definition) is 4. The first-order valence-corrected chi connectivity index (χ1v) is 8.25. The summed E-state index contributed by atoms with van der Waals surface area (Å²) in [5, 5.41) is 3.20. The second-order valence-electron chi connectivity index (χ2n) is 5.07. The summed E-state index contributed by atoms with van der Waals surface area (Å²) in [6, 6.07) is 3.66. The number of rotatable bonds is 8. The summed E-state index contributed by atoms with van der Waals surface area (Å²) in [5.74, 6) is 1.54. The molecule has 0 spiro atoms. The van der Waals surface area contributed by atoms with E-state index in [1.165, 1.54) is 0 Å². The van der Waals surface area contributed by atoms with Gasteiger partial charge in [-0.05, 0) is 38.9 Å². The Kier molecular flexibility index (Phi) is 6.03. The number of aryl methyl sites for hydroxylation is 1. The quantitative estimate of drug-likeness (QED) is 0.717. The Labute approximate surface area is 115 Å². The Morgan fingerprint density at radius 1 is 1.26 bits per heavy atom. The molecular formula is C13H24N2O3S. The number of sulfonamides is 1. The predicted octanol–water partition coefficient (Wildman–Crippen LogP) is 1.96. The van der Waals surface area contributed by atoms with E-state index in [2.05, 4.69) is 10.0 Å². The van der Waals surface area contributed by atoms with Crippen LogP contribution in [0.15, 0.2) is 16.5 Å². The molecule has 1 aromatic heterocycles. The zero-order chi connectivity index (χ0) is 14.5. The summed E-state index contributed by atoms with van der Waals surface area (Å²) in [6.45, 7) is 8.39. The molecule has 0 aliphatic heterocycles. The topological polar surface area (TPSA) is 71.3 Å². The lowest BCUT2D eigenvalue weighted by molar-refractivity contribution is 0.441. The molecule has 0 saturated heterocycles. The largest absolute Gasteiger partial charge is 0.465 e. The van der Waals surface area contributed by atoms with Crippen LogP contribution in [0.5, 0.6) is 0 Å². The van der Waals surface area contributed by atoms with E-state index in [1.54, 1.807) is 13.0 Å². The van der Waals surface area contributed by atoms with Gasteiger partial charge in [0.05, 0.1) is 11.8 Å². The summed E-state index contributed by atoms with van der Waals surface area (Å²) in [6.07, 6.45) is 0.595. The summed E-state index contributed by atoms with van der Waals surface area (Å²) in [4.78, 5) is 0. The third kappa shape index (κ3) is 6.22. The van der Waals surface area contributed by atoms with Gasteiger partial charge in [0, 0.05) is 6.04 Å². The van der Waals surface area contributed by atoms with Gasteiger partial charge < -0.3 is 9.73 Å². The van der Waals surface area contributed by atoms with Crippen LogP contribution in [0.3, 0.4) is 0 Å². The molecule has 6 heteroatoms. The Morgan fingerprint density at radius 2 is 1.95 bits per heavy atom. The Balaban J connectivity index is 2.41. The van der Waals surface area contributed by atoms with E-state index in [4.69, 9.17) is 4.42 Å². The van der Waals surface area contributed by atoms with E-state index < -0.39 is 10.0 Å². The molecule has 1 unspecified atom stereocenters. The predicted molar refractivity (Wildman–Crippen MR) is 76.5 cm³/mol. The van der Waals surface area contributed by atoms with E-state index in [1.807, 2.05) is 26.8 Å². The van der Waals surface area contributed by atoms with Crippen molar-refractivity contribution in [1.29, 1.82) is 0 Å². The standard InChI is InChI=1S/C13H24N2O3S/c1-10(2)14-8-5-9-19(16,17)15-12(4)13-7-6-11(3)18-13/h6-7,10,12,14-15H,5,8-9H2,1-4H3. The van der Waals surface area contributed by atoms with E-state index >= 15 is 0 Å². The molecule has 0 aliphatic rings. The van der Waals surface area contributed by atoms with Gasteiger partial charge in [0.2, 0.25) is 10.0 Å². The average molecular weight is 288 g/mol. The van der Waals surface area contributed by atoms with Gasteiger partial charge >= 0.3 is 0 Å². The summed E-state index contributed by atoms with van der Waals surface area (Å²) >= 11 is 0. The molecule has 5 nitrogen and oxygen atoms in total. The minimum Gasteiger partial charge on any atom is -0.465 e. The third-order valence-corrected chi connectivity index (χ3v) is 4.23. The van der Waals surface area contributed by atoms with Crippen LogP contribution in [-0.2, 0) is 10.0 Å². The molecule has 0 bridgehead atoms. The van der Waals surface area contributed by atoms with Crippen LogP contribution < -0.4 is 10.0 Å². The zero-order valence-electron chi connectivity index (χ0n) is 12.1. The maximum absolute atomic E-state index is 11.9. The molecule has 1 rings (SSSR count). The molecule has 1 heterocycles. The van der Waals surface area contributed by atoms with Gasteiger partial charge in [-0.2, -0.15) is 0 Å². The highest BCUT2D eigenvalue weighted by atomic mass is 32.2. The molecule has 1 atom stereocenters. The van der Waals surface area contributed by atoms with Gasteiger partial charge in [0.25, 0.3) is 0 Å². The van der Waals surface area contributed by atoms with Crippen LogP contribution in [0.4, 0.5) is 0 Å². The van der Waals surface area contributed by atoms with E-state index in [0.29, 0.717) is 24.8 Å². The highest BCUT2D eigenvalue weighted by Gasteiger charge is 2.17. The third-order valence-electron chi connectivity index (χ3n) is 2.69. The molecule has 0 amide bonds. The SMILES string of the molecule is Cc1ccc(C(C)NS(=O)(=O)CCCNC(C)C)o1. The number of furan rings is 1. The van der Waals surface area contributed by atoms with Crippen molar-refractivity contribution in [2.75, 3.05) is 12.3 Å². The normalized spacial score (nSPS) is 13.9. The lowest BCUT2D eigenvalue weighted by Crippen LogP contribution is -2.31. The van der Waals surface area contributed by atoms with Crippen molar-refractivity contribution < 1.29 is 12.8 Å². The maximum atomic E-state index is 11.9. The van der Waals surface area contributed by atoms with Gasteiger partial charge in [-0.1, -0.05) is 13.8 Å². The van der Waals surface area contributed by atoms with Crippen molar-refractivity contribution in [2.24, 2.45) is 0 Å². The average Bonchev–Trinajstić information content (AvgIpc) is 2.70. The van der Waals surface area contributed by atoms with Crippen molar-refractivity contribution >= 4 is 10.0 Å². The fourth-order valence-electron chi connectivity index (χ4n) is 1.73. The monoisotopic (exact) mass is 288 g/mol. The summed E-state index contributed by atoms with van der Waals surface area (Å²) in [5.41, 5.74) is 0. The molecule has 110 valence electrons. The fourth-order valence-corrected chi connectivity index (χ4v) is 3.02. The van der Waals surface area contributed by atoms with Crippen molar-refractivity contribution in [1.82, 2.24) is 10.0 Å². The van der Waals surface area contributed by atoms with Crippen LogP contribution in [0.25, 0.3) is 0 Å². The molecule has 2 N–H and O–H groups in total. The van der Waals surface area contributed by atoms with Gasteiger partial charge in [-0.15, -0.1) is 0 Å². The van der Waals surface area contributed by atoms with Crippen LogP contribution in [0, 0.1) is 6.92 Å². The molecule has 0 aromatic carbocycles. The number of hydrogen-bond donors (Lipinski definition) is 2. The maximum Gasteiger partial charge on any atom is 0.212 e. The molecule has 0 radical (unpaired) electrons. The first kappa shape index (κ1) is 16.2. The highest BCUT2D eigenvalue weighted by molar-refractivity contribution is 7.89. The fraction of sp³-hybridized carbons (Fsp3) is 0.692. The Bertz CT molecular complexity index is 480. The number of nitrogens with one attached hydrogen (secondary N) is 2. The van der Waals surface area contributed by atoms with Crippen LogP contribution in [0.1, 0.15) is 44.8 Å². The zero-order valence-corrected chi connectivity index (χ0v) is 12.9. The van der Waals surface area contributed by atoms with E-state index in [9.17, 15) is 8.42 Å². The van der Waals surface area contributed by atoms with Gasteiger partial charge in [0.15, 0.2) is 0 Å². The van der Waals surface area contributed by atoms with Crippen molar-refractivity contribution in [3.63, 3.8) is 0 Å². The first-order valence-electron chi connectivity index (χ1n) is 6.60. The van der Waals surface area contributed by atoms with Gasteiger partial charge in [-0.3, -0.25) is 0 Å². The first-order chi connectivity index (χ1) is 8.80. The van der Waals surface area contributed by atoms with E-state index in [0.717, 1.165) is 5.76 Å². The Hall–Kier alpha value is -0.850. The second-order valence-corrected chi connectivity index (χ2v) is 6.94. The van der Waals surface area contributed by atoms with Crippen molar-refractivity contribution in [3.8, 4) is 0 Å². The minimum atomic E-state index is -3.27. The van der Waals surface area contributed by atoms with E-state index in [-0.39, 0.29) is 11.8 Å². The van der Waals surface area contributed by atoms with Crippen molar-refractivity contribution in [3.05, 3.63) is 23.7 Å². The second kappa shape index (κ2) is 7.07. The van der Waals surface area contributed by atoms with Gasteiger partial charge in [0.1, 0.15) is 11.5 Å². The van der Waals surface area contributed by atoms with Crippen molar-refractivity contribution in [2.45, 2.75) is 46.2 Å². The highest BCUT2D eigenvalue weighted by Crippen LogP contribution is 2.16. The molecule has 0 aliphatic carbocycles. The van der Waals surface area contributed by atoms with Crippen LogP contribution in [0.2, 0.25) is 0 Å². The molecule has 19 heavy (non-hydrogen) atoms. The van der Waals surface area contributed by atoms with Crippen LogP contribution in [-0.4, -0.2) is 26.8 Å². The van der Waals surface area contributed by atoms with Gasteiger partial charge in [-0.25, -0.2) is 13.1 Å². The lowest BCUT2D eigenvalue weighted by Gasteiger charge is -2.13. The Morgan fingerprint density at radius 3 is 2.47 bits per heavy atom. The molecule has 0 fully saturated rings. The molecule has 0 saturated carbocycles.